The first-order valence-electron chi connectivity index (χ1n) is 10.7. The minimum Gasteiger partial charge on any atom is -0.490 e. The SMILES string of the molecule is Cc1cc2c(nc1N1[C@@H]3CC[C@H]1CC(Oc1ccc4c(cnn4C)c1)C3)CNC2=O. The molecule has 5 heterocycles. The molecule has 0 radical (unpaired) electrons. The van der Waals surface area contributed by atoms with Gasteiger partial charge in [0.15, 0.2) is 0 Å². The van der Waals surface area contributed by atoms with E-state index >= 15 is 0 Å². The van der Waals surface area contributed by atoms with Crippen LogP contribution in [0.1, 0.15) is 47.3 Å². The lowest BCUT2D eigenvalue weighted by Crippen LogP contribution is -2.47. The molecule has 2 aromatic heterocycles. The summed E-state index contributed by atoms with van der Waals surface area (Å²) >= 11 is 0. The second-order valence-corrected chi connectivity index (χ2v) is 8.80. The van der Waals surface area contributed by atoms with Crippen molar-refractivity contribution in [3.8, 4) is 5.75 Å². The molecular formula is C23H25N5O2. The van der Waals surface area contributed by atoms with Crippen LogP contribution in [0, 0.1) is 6.92 Å². The van der Waals surface area contributed by atoms with E-state index in [2.05, 4.69) is 40.4 Å². The smallest absolute Gasteiger partial charge is 0.253 e. The van der Waals surface area contributed by atoms with Gasteiger partial charge in [0.25, 0.3) is 5.91 Å². The number of hydrogen-bond acceptors (Lipinski definition) is 5. The lowest BCUT2D eigenvalue weighted by molar-refractivity contribution is 0.0965. The lowest BCUT2D eigenvalue weighted by atomic mass is 9.98. The van der Waals surface area contributed by atoms with E-state index in [4.69, 9.17) is 9.72 Å². The highest BCUT2D eigenvalue weighted by Crippen LogP contribution is 2.41. The summed E-state index contributed by atoms with van der Waals surface area (Å²) in [6, 6.07) is 9.09. The van der Waals surface area contributed by atoms with Gasteiger partial charge < -0.3 is 15.0 Å². The van der Waals surface area contributed by atoms with Gasteiger partial charge >= 0.3 is 0 Å². The highest BCUT2D eigenvalue weighted by Gasteiger charge is 2.43. The molecule has 1 aromatic carbocycles. The number of rotatable bonds is 3. The van der Waals surface area contributed by atoms with Crippen LogP contribution in [-0.4, -0.2) is 38.9 Å². The van der Waals surface area contributed by atoms with Crippen LogP contribution in [0.3, 0.4) is 0 Å². The van der Waals surface area contributed by atoms with E-state index in [1.807, 2.05) is 24.0 Å². The first kappa shape index (κ1) is 17.7. The molecule has 2 bridgehead atoms. The average Bonchev–Trinajstić information content (AvgIpc) is 3.36. The molecule has 1 amide bonds. The molecule has 0 spiro atoms. The van der Waals surface area contributed by atoms with E-state index in [0.29, 0.717) is 18.6 Å². The van der Waals surface area contributed by atoms with Crippen molar-refractivity contribution >= 4 is 22.6 Å². The van der Waals surface area contributed by atoms with Gasteiger partial charge in [-0.3, -0.25) is 9.48 Å². The number of amides is 1. The zero-order valence-electron chi connectivity index (χ0n) is 17.3. The number of nitrogens with one attached hydrogen (secondary N) is 1. The quantitative estimate of drug-likeness (QED) is 0.728. The van der Waals surface area contributed by atoms with Crippen LogP contribution in [-0.2, 0) is 13.6 Å². The molecule has 1 N–H and O–H groups in total. The molecule has 3 aliphatic heterocycles. The Bertz CT molecular complexity index is 1160. The molecule has 7 nitrogen and oxygen atoms in total. The van der Waals surface area contributed by atoms with Gasteiger partial charge in [0, 0.05) is 37.4 Å². The Balaban J connectivity index is 1.23. The summed E-state index contributed by atoms with van der Waals surface area (Å²) in [5.74, 6) is 1.96. The zero-order valence-corrected chi connectivity index (χ0v) is 17.3. The number of hydrogen-bond donors (Lipinski definition) is 1. The Kier molecular flexibility index (Phi) is 3.82. The third-order valence-electron chi connectivity index (χ3n) is 6.88. The van der Waals surface area contributed by atoms with Gasteiger partial charge in [0.1, 0.15) is 17.7 Å². The fourth-order valence-corrected chi connectivity index (χ4v) is 5.47. The number of anilines is 1. The number of ether oxygens (including phenoxy) is 1. The van der Waals surface area contributed by atoms with Crippen molar-refractivity contribution in [3.63, 3.8) is 0 Å². The fourth-order valence-electron chi connectivity index (χ4n) is 5.47. The Hall–Kier alpha value is -3.09. The van der Waals surface area contributed by atoms with Crippen molar-refractivity contribution in [3.05, 3.63) is 47.3 Å². The number of pyridine rings is 1. The van der Waals surface area contributed by atoms with Crippen molar-refractivity contribution in [1.82, 2.24) is 20.1 Å². The van der Waals surface area contributed by atoms with Crippen molar-refractivity contribution in [2.24, 2.45) is 7.05 Å². The molecule has 0 aliphatic carbocycles. The van der Waals surface area contributed by atoms with Crippen LogP contribution >= 0.6 is 0 Å². The number of benzene rings is 1. The van der Waals surface area contributed by atoms with Gasteiger partial charge in [-0.2, -0.15) is 5.10 Å². The van der Waals surface area contributed by atoms with E-state index in [-0.39, 0.29) is 12.0 Å². The highest BCUT2D eigenvalue weighted by molar-refractivity contribution is 5.98. The van der Waals surface area contributed by atoms with Crippen molar-refractivity contribution < 1.29 is 9.53 Å². The van der Waals surface area contributed by atoms with Gasteiger partial charge in [-0.05, 0) is 49.6 Å². The second kappa shape index (κ2) is 6.45. The molecule has 30 heavy (non-hydrogen) atoms. The van der Waals surface area contributed by atoms with E-state index in [9.17, 15) is 4.79 Å². The van der Waals surface area contributed by atoms with E-state index < -0.39 is 0 Å². The maximum Gasteiger partial charge on any atom is 0.253 e. The van der Waals surface area contributed by atoms with E-state index in [0.717, 1.165) is 52.1 Å². The molecule has 2 fully saturated rings. The molecule has 3 aliphatic rings. The zero-order chi connectivity index (χ0) is 20.4. The first-order valence-corrected chi connectivity index (χ1v) is 10.7. The van der Waals surface area contributed by atoms with Gasteiger partial charge in [-0.25, -0.2) is 4.98 Å². The molecule has 1 unspecified atom stereocenters. The maximum atomic E-state index is 12.0. The van der Waals surface area contributed by atoms with E-state index in [1.54, 1.807) is 0 Å². The predicted octanol–water partition coefficient (Wildman–Crippen LogP) is 3.10. The Morgan fingerprint density at radius 3 is 2.77 bits per heavy atom. The lowest BCUT2D eigenvalue weighted by Gasteiger charge is -2.40. The molecular weight excluding hydrogens is 378 g/mol. The molecule has 0 saturated carbocycles. The topological polar surface area (TPSA) is 72.3 Å². The Labute approximate surface area is 175 Å². The number of carbonyl (C=O) groups excluding carboxylic acids is 1. The molecule has 3 aromatic rings. The fraction of sp³-hybridized carbons (Fsp3) is 0.435. The summed E-state index contributed by atoms with van der Waals surface area (Å²) in [5.41, 5.74) is 3.81. The largest absolute Gasteiger partial charge is 0.490 e. The molecule has 154 valence electrons. The van der Waals surface area contributed by atoms with E-state index in [1.165, 1.54) is 12.8 Å². The third kappa shape index (κ3) is 2.68. The molecule has 6 rings (SSSR count). The minimum atomic E-state index is -0.00665. The number of carbonyl (C=O) groups is 1. The predicted molar refractivity (Wildman–Crippen MR) is 114 cm³/mol. The van der Waals surface area contributed by atoms with Crippen LogP contribution in [0.2, 0.25) is 0 Å². The summed E-state index contributed by atoms with van der Waals surface area (Å²) in [6.45, 7) is 2.60. The van der Waals surface area contributed by atoms with Crippen LogP contribution in [0.4, 0.5) is 5.82 Å². The summed E-state index contributed by atoms with van der Waals surface area (Å²) < 4.78 is 8.30. The Morgan fingerprint density at radius 2 is 1.97 bits per heavy atom. The molecule has 2 saturated heterocycles. The third-order valence-corrected chi connectivity index (χ3v) is 6.88. The number of nitrogens with zero attached hydrogens (tertiary/aromatic N) is 4. The van der Waals surface area contributed by atoms with Gasteiger partial charge in [-0.15, -0.1) is 0 Å². The van der Waals surface area contributed by atoms with Gasteiger partial charge in [-0.1, -0.05) is 0 Å². The molecule has 3 atom stereocenters. The Morgan fingerprint density at radius 1 is 1.17 bits per heavy atom. The van der Waals surface area contributed by atoms with Crippen LogP contribution in [0.5, 0.6) is 5.75 Å². The number of aryl methyl sites for hydroxylation is 2. The van der Waals surface area contributed by atoms with Crippen molar-refractivity contribution in [2.45, 2.75) is 57.3 Å². The highest BCUT2D eigenvalue weighted by atomic mass is 16.5. The van der Waals surface area contributed by atoms with Crippen molar-refractivity contribution in [2.75, 3.05) is 4.90 Å². The van der Waals surface area contributed by atoms with Crippen LogP contribution in [0.25, 0.3) is 10.9 Å². The molecule has 7 heteroatoms. The van der Waals surface area contributed by atoms with Gasteiger partial charge in [0.2, 0.25) is 0 Å². The summed E-state index contributed by atoms with van der Waals surface area (Å²) in [7, 11) is 1.96. The van der Waals surface area contributed by atoms with Gasteiger partial charge in [0.05, 0.1) is 29.5 Å². The number of aromatic nitrogens is 3. The first-order chi connectivity index (χ1) is 14.6. The summed E-state index contributed by atoms with van der Waals surface area (Å²) in [6.07, 6.45) is 6.43. The number of piperidine rings is 1. The average molecular weight is 403 g/mol. The normalized spacial score (nSPS) is 24.9. The van der Waals surface area contributed by atoms with Crippen molar-refractivity contribution in [1.29, 1.82) is 0 Å². The summed E-state index contributed by atoms with van der Waals surface area (Å²) in [5, 5.41) is 8.31. The monoisotopic (exact) mass is 403 g/mol. The maximum absolute atomic E-state index is 12.0. The standard InChI is InChI=1S/C23H25N5O2/c1-13-7-19-20(12-24-23(19)29)26-22(13)28-15-3-4-16(28)10-18(9-15)30-17-5-6-21-14(8-17)11-25-27(21)2/h5-8,11,15-16,18H,3-4,9-10,12H2,1-2H3,(H,24,29)/t15-,16+,18?. The second-order valence-electron chi connectivity index (χ2n) is 8.80. The van der Waals surface area contributed by atoms with Crippen LogP contribution in [0.15, 0.2) is 30.5 Å². The van der Waals surface area contributed by atoms with Crippen LogP contribution < -0.4 is 15.0 Å². The number of fused-ring (bicyclic) bond motifs is 4. The summed E-state index contributed by atoms with van der Waals surface area (Å²) in [4.78, 5) is 19.4. The minimum absolute atomic E-state index is 0.00665.